The van der Waals surface area contributed by atoms with Crippen LogP contribution in [0, 0.1) is 0 Å². The standard InChI is InChI=1S/C19H23N3O2/c1-3-5-11-21-18(23)15-10-12-20-17(13-15)19(24)22-16-9-7-6-8-14(16)4-2/h6-10,12-13H,3-5,11H2,1-2H3,(H,21,23)(H,22,24). The van der Waals surface area contributed by atoms with E-state index in [9.17, 15) is 9.59 Å². The number of para-hydroxylation sites is 1. The average Bonchev–Trinajstić information content (AvgIpc) is 2.62. The minimum Gasteiger partial charge on any atom is -0.352 e. The second kappa shape index (κ2) is 8.82. The molecule has 0 saturated heterocycles. The number of anilines is 1. The zero-order valence-electron chi connectivity index (χ0n) is 14.1. The Morgan fingerprint density at radius 3 is 2.62 bits per heavy atom. The van der Waals surface area contributed by atoms with Crippen LogP contribution in [0.2, 0.25) is 0 Å². The summed E-state index contributed by atoms with van der Waals surface area (Å²) in [6.45, 7) is 4.72. The Morgan fingerprint density at radius 2 is 1.88 bits per heavy atom. The molecule has 0 saturated carbocycles. The van der Waals surface area contributed by atoms with Crippen molar-refractivity contribution >= 4 is 17.5 Å². The van der Waals surface area contributed by atoms with Crippen LogP contribution in [0.25, 0.3) is 0 Å². The zero-order chi connectivity index (χ0) is 17.4. The van der Waals surface area contributed by atoms with Crippen molar-refractivity contribution in [1.29, 1.82) is 0 Å². The van der Waals surface area contributed by atoms with Crippen LogP contribution in [0.4, 0.5) is 5.69 Å². The molecule has 0 aliphatic carbocycles. The summed E-state index contributed by atoms with van der Waals surface area (Å²) in [5, 5.41) is 5.70. The number of aromatic nitrogens is 1. The van der Waals surface area contributed by atoms with Crippen molar-refractivity contribution in [1.82, 2.24) is 10.3 Å². The first-order valence-corrected chi connectivity index (χ1v) is 8.29. The van der Waals surface area contributed by atoms with Crippen molar-refractivity contribution in [3.8, 4) is 0 Å². The SMILES string of the molecule is CCCCNC(=O)c1ccnc(C(=O)Nc2ccccc2CC)c1. The molecule has 0 spiro atoms. The maximum absolute atomic E-state index is 12.4. The minimum atomic E-state index is -0.320. The number of nitrogens with zero attached hydrogens (tertiary/aromatic N) is 1. The van der Waals surface area contributed by atoms with Gasteiger partial charge in [0.15, 0.2) is 0 Å². The van der Waals surface area contributed by atoms with Gasteiger partial charge in [-0.1, -0.05) is 38.5 Å². The van der Waals surface area contributed by atoms with Gasteiger partial charge in [0, 0.05) is 24.0 Å². The lowest BCUT2D eigenvalue weighted by Crippen LogP contribution is -2.25. The number of nitrogens with one attached hydrogen (secondary N) is 2. The van der Waals surface area contributed by atoms with Gasteiger partial charge in [0.2, 0.25) is 0 Å². The van der Waals surface area contributed by atoms with Gasteiger partial charge in [-0.2, -0.15) is 0 Å². The van der Waals surface area contributed by atoms with E-state index in [4.69, 9.17) is 0 Å². The quantitative estimate of drug-likeness (QED) is 0.766. The number of unbranched alkanes of at least 4 members (excludes halogenated alkanes) is 1. The summed E-state index contributed by atoms with van der Waals surface area (Å²) in [6, 6.07) is 10.8. The predicted molar refractivity (Wildman–Crippen MR) is 95.3 cm³/mol. The highest BCUT2D eigenvalue weighted by atomic mass is 16.2. The van der Waals surface area contributed by atoms with Crippen LogP contribution < -0.4 is 10.6 Å². The van der Waals surface area contributed by atoms with Crippen LogP contribution in [0.3, 0.4) is 0 Å². The van der Waals surface area contributed by atoms with Crippen molar-refractivity contribution in [2.45, 2.75) is 33.1 Å². The van der Waals surface area contributed by atoms with E-state index in [1.807, 2.05) is 31.2 Å². The highest BCUT2D eigenvalue weighted by molar-refractivity contribution is 6.05. The van der Waals surface area contributed by atoms with Crippen LogP contribution in [-0.4, -0.2) is 23.3 Å². The number of benzene rings is 1. The number of rotatable bonds is 7. The number of pyridine rings is 1. The molecule has 0 radical (unpaired) electrons. The fourth-order valence-corrected chi connectivity index (χ4v) is 2.31. The highest BCUT2D eigenvalue weighted by Crippen LogP contribution is 2.16. The average molecular weight is 325 g/mol. The summed E-state index contributed by atoms with van der Waals surface area (Å²) in [7, 11) is 0. The number of carbonyl (C=O) groups is 2. The monoisotopic (exact) mass is 325 g/mol. The first-order valence-electron chi connectivity index (χ1n) is 8.29. The molecule has 126 valence electrons. The number of amides is 2. The summed E-state index contributed by atoms with van der Waals surface area (Å²) in [5.74, 6) is -0.507. The molecule has 2 amide bonds. The smallest absolute Gasteiger partial charge is 0.274 e. The van der Waals surface area contributed by atoms with E-state index in [1.54, 1.807) is 6.07 Å². The van der Waals surface area contributed by atoms with Crippen molar-refractivity contribution in [2.75, 3.05) is 11.9 Å². The van der Waals surface area contributed by atoms with E-state index in [0.717, 1.165) is 30.5 Å². The normalized spacial score (nSPS) is 10.2. The fraction of sp³-hybridized carbons (Fsp3) is 0.316. The van der Waals surface area contributed by atoms with Gasteiger partial charge >= 0.3 is 0 Å². The molecule has 2 aromatic rings. The minimum absolute atomic E-state index is 0.186. The summed E-state index contributed by atoms with van der Waals surface area (Å²) in [6.07, 6.45) is 4.25. The third kappa shape index (κ3) is 4.65. The molecule has 0 aliphatic heterocycles. The van der Waals surface area contributed by atoms with E-state index in [-0.39, 0.29) is 17.5 Å². The Bertz CT molecular complexity index is 713. The van der Waals surface area contributed by atoms with Gasteiger partial charge in [0.05, 0.1) is 0 Å². The first kappa shape index (κ1) is 17.7. The topological polar surface area (TPSA) is 71.1 Å². The number of aryl methyl sites for hydroxylation is 1. The molecule has 2 N–H and O–H groups in total. The van der Waals surface area contributed by atoms with Gasteiger partial charge in [-0.25, -0.2) is 0 Å². The number of hydrogen-bond donors (Lipinski definition) is 2. The van der Waals surface area contributed by atoms with Crippen molar-refractivity contribution in [3.63, 3.8) is 0 Å². The fourth-order valence-electron chi connectivity index (χ4n) is 2.31. The van der Waals surface area contributed by atoms with E-state index in [0.29, 0.717) is 12.1 Å². The van der Waals surface area contributed by atoms with Crippen molar-refractivity contribution < 1.29 is 9.59 Å². The second-order valence-corrected chi connectivity index (χ2v) is 5.50. The van der Waals surface area contributed by atoms with Crippen LogP contribution in [0.15, 0.2) is 42.6 Å². The molecule has 1 aromatic carbocycles. The predicted octanol–water partition coefficient (Wildman–Crippen LogP) is 3.43. The second-order valence-electron chi connectivity index (χ2n) is 5.50. The molecule has 2 rings (SSSR count). The lowest BCUT2D eigenvalue weighted by Gasteiger charge is -2.10. The van der Waals surface area contributed by atoms with Crippen LogP contribution >= 0.6 is 0 Å². The summed E-state index contributed by atoms with van der Waals surface area (Å²) in [5.41, 5.74) is 2.49. The third-order valence-corrected chi connectivity index (χ3v) is 3.72. The Hall–Kier alpha value is -2.69. The molecule has 0 unspecified atom stereocenters. The number of hydrogen-bond acceptors (Lipinski definition) is 3. The van der Waals surface area contributed by atoms with E-state index in [2.05, 4.69) is 22.5 Å². The Kier molecular flexibility index (Phi) is 6.49. The van der Waals surface area contributed by atoms with Crippen LogP contribution in [-0.2, 0) is 6.42 Å². The molecule has 0 aliphatic rings. The number of carbonyl (C=O) groups excluding carboxylic acids is 2. The van der Waals surface area contributed by atoms with Gasteiger partial charge in [-0.15, -0.1) is 0 Å². The summed E-state index contributed by atoms with van der Waals surface area (Å²) >= 11 is 0. The zero-order valence-corrected chi connectivity index (χ0v) is 14.1. The van der Waals surface area contributed by atoms with Gasteiger partial charge in [0.25, 0.3) is 11.8 Å². The first-order chi connectivity index (χ1) is 11.7. The maximum Gasteiger partial charge on any atom is 0.274 e. The molecule has 5 heteroatoms. The maximum atomic E-state index is 12.4. The van der Waals surface area contributed by atoms with Gasteiger partial charge < -0.3 is 10.6 Å². The molecular weight excluding hydrogens is 302 g/mol. The molecule has 0 bridgehead atoms. The van der Waals surface area contributed by atoms with E-state index in [1.165, 1.54) is 12.3 Å². The van der Waals surface area contributed by atoms with Crippen LogP contribution in [0.1, 0.15) is 53.1 Å². The van der Waals surface area contributed by atoms with Crippen molar-refractivity contribution in [2.24, 2.45) is 0 Å². The Morgan fingerprint density at radius 1 is 1.08 bits per heavy atom. The highest BCUT2D eigenvalue weighted by Gasteiger charge is 2.13. The molecular formula is C19H23N3O2. The van der Waals surface area contributed by atoms with Crippen LogP contribution in [0.5, 0.6) is 0 Å². The van der Waals surface area contributed by atoms with Gasteiger partial charge in [-0.3, -0.25) is 14.6 Å². The lowest BCUT2D eigenvalue weighted by atomic mass is 10.1. The van der Waals surface area contributed by atoms with E-state index >= 15 is 0 Å². The molecule has 24 heavy (non-hydrogen) atoms. The van der Waals surface area contributed by atoms with E-state index < -0.39 is 0 Å². The van der Waals surface area contributed by atoms with Gasteiger partial charge in [-0.05, 0) is 36.6 Å². The third-order valence-electron chi connectivity index (χ3n) is 3.72. The van der Waals surface area contributed by atoms with Gasteiger partial charge in [0.1, 0.15) is 5.69 Å². The van der Waals surface area contributed by atoms with Crippen molar-refractivity contribution in [3.05, 3.63) is 59.4 Å². The molecule has 1 aromatic heterocycles. The Balaban J connectivity index is 2.10. The largest absolute Gasteiger partial charge is 0.352 e. The Labute approximate surface area is 142 Å². The lowest BCUT2D eigenvalue weighted by molar-refractivity contribution is 0.0953. The molecule has 1 heterocycles. The molecule has 5 nitrogen and oxygen atoms in total. The summed E-state index contributed by atoms with van der Waals surface area (Å²) < 4.78 is 0. The molecule has 0 fully saturated rings. The summed E-state index contributed by atoms with van der Waals surface area (Å²) in [4.78, 5) is 28.6. The molecule has 0 atom stereocenters.